The lowest BCUT2D eigenvalue weighted by Crippen LogP contribution is -2.36. The summed E-state index contributed by atoms with van der Waals surface area (Å²) in [5.74, 6) is 1.58. The Bertz CT molecular complexity index is 434. The molecular weight excluding hydrogens is 272 g/mol. The molecule has 1 aliphatic rings. The van der Waals surface area contributed by atoms with Gasteiger partial charge in [0, 0.05) is 19.1 Å². The Balaban J connectivity index is 2.17. The van der Waals surface area contributed by atoms with Gasteiger partial charge in [-0.05, 0) is 49.4 Å². The second-order valence-corrected chi connectivity index (χ2v) is 5.99. The Morgan fingerprint density at radius 2 is 2.20 bits per heavy atom. The zero-order valence-electron chi connectivity index (χ0n) is 12.4. The smallest absolute Gasteiger partial charge is 0.137 e. The first-order chi connectivity index (χ1) is 9.69. The van der Waals surface area contributed by atoms with E-state index in [-0.39, 0.29) is 6.04 Å². The second-order valence-electron chi connectivity index (χ2n) is 5.58. The van der Waals surface area contributed by atoms with Crippen LogP contribution in [0.3, 0.4) is 0 Å². The van der Waals surface area contributed by atoms with Gasteiger partial charge in [-0.1, -0.05) is 24.6 Å². The van der Waals surface area contributed by atoms with Crippen LogP contribution in [-0.2, 0) is 0 Å². The number of nitrogens with zero attached hydrogens (tertiary/aromatic N) is 1. The highest BCUT2D eigenvalue weighted by Gasteiger charge is 2.28. The van der Waals surface area contributed by atoms with Crippen LogP contribution in [0.4, 0.5) is 0 Å². The molecule has 1 atom stereocenters. The highest BCUT2D eigenvalue weighted by atomic mass is 35.5. The van der Waals surface area contributed by atoms with Crippen molar-refractivity contribution in [3.05, 3.63) is 28.8 Å². The SMILES string of the molecule is CCCN(CC1CC1)C(CN)c1ccc(OC)c(Cl)c1. The van der Waals surface area contributed by atoms with E-state index < -0.39 is 0 Å². The van der Waals surface area contributed by atoms with Crippen molar-refractivity contribution in [1.29, 1.82) is 0 Å². The first kappa shape index (κ1) is 15.6. The molecule has 0 aromatic heterocycles. The van der Waals surface area contributed by atoms with Crippen LogP contribution in [0, 0.1) is 5.92 Å². The summed E-state index contributed by atoms with van der Waals surface area (Å²) in [5, 5.41) is 0.659. The Kier molecular flexibility index (Phi) is 5.70. The molecule has 0 radical (unpaired) electrons. The number of rotatable bonds is 8. The summed E-state index contributed by atoms with van der Waals surface area (Å²) in [5.41, 5.74) is 7.22. The first-order valence-electron chi connectivity index (χ1n) is 7.47. The first-order valence-corrected chi connectivity index (χ1v) is 7.85. The van der Waals surface area contributed by atoms with Crippen molar-refractivity contribution in [2.45, 2.75) is 32.2 Å². The van der Waals surface area contributed by atoms with E-state index in [4.69, 9.17) is 22.1 Å². The molecular formula is C16H25ClN2O. The quantitative estimate of drug-likeness (QED) is 0.798. The summed E-state index contributed by atoms with van der Waals surface area (Å²) in [6.07, 6.45) is 3.87. The fraction of sp³-hybridized carbons (Fsp3) is 0.625. The van der Waals surface area contributed by atoms with Crippen LogP contribution < -0.4 is 10.5 Å². The maximum absolute atomic E-state index is 6.25. The minimum atomic E-state index is 0.249. The minimum Gasteiger partial charge on any atom is -0.495 e. The van der Waals surface area contributed by atoms with Crippen molar-refractivity contribution < 1.29 is 4.74 Å². The summed E-state index contributed by atoms with van der Waals surface area (Å²) in [6.45, 7) is 5.07. The van der Waals surface area contributed by atoms with Crippen molar-refractivity contribution in [3.8, 4) is 5.75 Å². The predicted octanol–water partition coefficient (Wildman–Crippen LogP) is 3.47. The maximum atomic E-state index is 6.25. The summed E-state index contributed by atoms with van der Waals surface area (Å²) in [4.78, 5) is 2.51. The summed E-state index contributed by atoms with van der Waals surface area (Å²) < 4.78 is 5.22. The van der Waals surface area contributed by atoms with E-state index in [1.807, 2.05) is 12.1 Å². The normalized spacial score (nSPS) is 16.4. The lowest BCUT2D eigenvalue weighted by Gasteiger charge is -2.31. The molecule has 3 nitrogen and oxygen atoms in total. The van der Waals surface area contributed by atoms with Gasteiger partial charge in [0.05, 0.1) is 12.1 Å². The summed E-state index contributed by atoms with van der Waals surface area (Å²) >= 11 is 6.25. The van der Waals surface area contributed by atoms with Crippen LogP contribution in [0.15, 0.2) is 18.2 Å². The molecule has 1 aromatic rings. The van der Waals surface area contributed by atoms with Gasteiger partial charge in [-0.2, -0.15) is 0 Å². The van der Waals surface area contributed by atoms with Crippen LogP contribution in [-0.4, -0.2) is 31.6 Å². The van der Waals surface area contributed by atoms with Crippen molar-refractivity contribution in [2.75, 3.05) is 26.7 Å². The van der Waals surface area contributed by atoms with E-state index in [1.165, 1.54) is 18.4 Å². The molecule has 0 amide bonds. The number of hydrogen-bond acceptors (Lipinski definition) is 3. The molecule has 1 aromatic carbocycles. The zero-order valence-corrected chi connectivity index (χ0v) is 13.2. The molecule has 1 aliphatic carbocycles. The average molecular weight is 297 g/mol. The van der Waals surface area contributed by atoms with E-state index in [9.17, 15) is 0 Å². The maximum Gasteiger partial charge on any atom is 0.137 e. The van der Waals surface area contributed by atoms with E-state index in [0.29, 0.717) is 11.6 Å². The van der Waals surface area contributed by atoms with Crippen LogP contribution in [0.25, 0.3) is 0 Å². The van der Waals surface area contributed by atoms with Crippen LogP contribution in [0.1, 0.15) is 37.8 Å². The molecule has 1 unspecified atom stereocenters. The van der Waals surface area contributed by atoms with Gasteiger partial charge in [0.1, 0.15) is 5.75 Å². The van der Waals surface area contributed by atoms with Crippen molar-refractivity contribution >= 4 is 11.6 Å². The third-order valence-electron chi connectivity index (χ3n) is 3.93. The topological polar surface area (TPSA) is 38.5 Å². The third kappa shape index (κ3) is 3.87. The largest absolute Gasteiger partial charge is 0.495 e. The fourth-order valence-corrected chi connectivity index (χ4v) is 2.95. The lowest BCUT2D eigenvalue weighted by molar-refractivity contribution is 0.193. The number of benzene rings is 1. The van der Waals surface area contributed by atoms with Crippen LogP contribution in [0.2, 0.25) is 5.02 Å². The highest BCUT2D eigenvalue weighted by molar-refractivity contribution is 6.32. The molecule has 1 saturated carbocycles. The Morgan fingerprint density at radius 3 is 2.70 bits per heavy atom. The average Bonchev–Trinajstić information content (AvgIpc) is 3.24. The molecule has 20 heavy (non-hydrogen) atoms. The molecule has 0 bridgehead atoms. The molecule has 4 heteroatoms. The molecule has 1 fully saturated rings. The van der Waals surface area contributed by atoms with Gasteiger partial charge >= 0.3 is 0 Å². The highest BCUT2D eigenvalue weighted by Crippen LogP contribution is 2.34. The van der Waals surface area contributed by atoms with E-state index >= 15 is 0 Å². The van der Waals surface area contributed by atoms with E-state index in [2.05, 4.69) is 17.9 Å². The zero-order chi connectivity index (χ0) is 14.5. The van der Waals surface area contributed by atoms with Crippen molar-refractivity contribution in [1.82, 2.24) is 4.90 Å². The van der Waals surface area contributed by atoms with E-state index in [0.717, 1.165) is 31.2 Å². The van der Waals surface area contributed by atoms with Crippen LogP contribution >= 0.6 is 11.6 Å². The number of hydrogen-bond donors (Lipinski definition) is 1. The van der Waals surface area contributed by atoms with Crippen molar-refractivity contribution in [2.24, 2.45) is 11.7 Å². The third-order valence-corrected chi connectivity index (χ3v) is 4.22. The Hall–Kier alpha value is -0.770. The molecule has 0 heterocycles. The standard InChI is InChI=1S/C16H25ClN2O/c1-3-8-19(11-12-4-5-12)15(10-18)13-6-7-16(20-2)14(17)9-13/h6-7,9,12,15H,3-5,8,10-11,18H2,1-2H3. The number of nitrogens with two attached hydrogens (primary N) is 1. The molecule has 0 spiro atoms. The Labute approximate surface area is 127 Å². The number of methoxy groups -OCH3 is 1. The van der Waals surface area contributed by atoms with Crippen LogP contribution in [0.5, 0.6) is 5.75 Å². The molecule has 0 aliphatic heterocycles. The van der Waals surface area contributed by atoms with E-state index in [1.54, 1.807) is 7.11 Å². The van der Waals surface area contributed by atoms with Gasteiger partial charge in [0.25, 0.3) is 0 Å². The van der Waals surface area contributed by atoms with Gasteiger partial charge < -0.3 is 10.5 Å². The summed E-state index contributed by atoms with van der Waals surface area (Å²) in [7, 11) is 1.64. The minimum absolute atomic E-state index is 0.249. The van der Waals surface area contributed by atoms with Gasteiger partial charge in [-0.25, -0.2) is 0 Å². The molecule has 112 valence electrons. The number of halogens is 1. The second kappa shape index (κ2) is 7.30. The molecule has 2 N–H and O–H groups in total. The molecule has 0 saturated heterocycles. The van der Waals surface area contributed by atoms with Gasteiger partial charge in [-0.3, -0.25) is 4.90 Å². The lowest BCUT2D eigenvalue weighted by atomic mass is 10.0. The molecule has 2 rings (SSSR count). The van der Waals surface area contributed by atoms with Gasteiger partial charge in [0.2, 0.25) is 0 Å². The van der Waals surface area contributed by atoms with Gasteiger partial charge in [-0.15, -0.1) is 0 Å². The monoisotopic (exact) mass is 296 g/mol. The fourth-order valence-electron chi connectivity index (χ4n) is 2.68. The van der Waals surface area contributed by atoms with Crippen molar-refractivity contribution in [3.63, 3.8) is 0 Å². The Morgan fingerprint density at radius 1 is 1.45 bits per heavy atom. The number of ether oxygens (including phenoxy) is 1. The van der Waals surface area contributed by atoms with Gasteiger partial charge in [0.15, 0.2) is 0 Å². The predicted molar refractivity (Wildman–Crippen MR) is 84.4 cm³/mol. The summed E-state index contributed by atoms with van der Waals surface area (Å²) in [6, 6.07) is 6.26.